The maximum atomic E-state index is 12.9. The number of nitrogens with zero attached hydrogens (tertiary/aromatic N) is 1. The van der Waals surface area contributed by atoms with E-state index in [0.29, 0.717) is 5.56 Å². The molecule has 0 aromatic heterocycles. The number of benzene rings is 2. The largest absolute Gasteiger partial charge is 0.450 e. The highest BCUT2D eigenvalue weighted by atomic mass is 32.1. The predicted molar refractivity (Wildman–Crippen MR) is 91.4 cm³/mol. The fourth-order valence-electron chi connectivity index (χ4n) is 2.13. The van der Waals surface area contributed by atoms with Gasteiger partial charge in [0.15, 0.2) is 5.11 Å². The highest BCUT2D eigenvalue weighted by Gasteiger charge is 2.21. The van der Waals surface area contributed by atoms with Crippen molar-refractivity contribution < 1.29 is 18.8 Å². The number of hydrogen-bond donors (Lipinski definition) is 2. The molecule has 2 aromatic rings. The first kappa shape index (κ1) is 16.5. The smallest absolute Gasteiger partial charge is 0.312 e. The third-order valence-electron chi connectivity index (χ3n) is 3.25. The summed E-state index contributed by atoms with van der Waals surface area (Å²) in [5.41, 5.74) is 0.312. The van der Waals surface area contributed by atoms with Crippen molar-refractivity contribution in [3.63, 3.8) is 0 Å². The Balaban J connectivity index is 1.92. The molecule has 126 valence electrons. The number of nitro benzene ring substituents is 1. The minimum atomic E-state index is -0.604. The lowest BCUT2D eigenvalue weighted by molar-refractivity contribution is -0.385. The highest BCUT2D eigenvalue weighted by Crippen LogP contribution is 2.32. The van der Waals surface area contributed by atoms with E-state index in [2.05, 4.69) is 10.6 Å². The van der Waals surface area contributed by atoms with Crippen LogP contribution in [0, 0.1) is 15.9 Å². The number of carbonyl (C=O) groups excluding carboxylic acids is 1. The molecule has 0 aliphatic carbocycles. The number of rotatable bonds is 4. The summed E-state index contributed by atoms with van der Waals surface area (Å²) >= 11 is 4.82. The molecule has 1 amide bonds. The minimum absolute atomic E-state index is 0.00175. The zero-order chi connectivity index (χ0) is 18.0. The molecule has 0 unspecified atom stereocenters. The second-order valence-electron chi connectivity index (χ2n) is 5.01. The van der Waals surface area contributed by atoms with E-state index < -0.39 is 16.6 Å². The van der Waals surface area contributed by atoms with E-state index in [1.54, 1.807) is 6.07 Å². The van der Waals surface area contributed by atoms with Crippen LogP contribution in [0.5, 0.6) is 11.5 Å². The molecular weight excluding hydrogens is 349 g/mol. The fourth-order valence-corrected chi connectivity index (χ4v) is 2.33. The molecule has 1 aliphatic heterocycles. The van der Waals surface area contributed by atoms with Gasteiger partial charge in [-0.15, -0.1) is 0 Å². The monoisotopic (exact) mass is 359 g/mol. The van der Waals surface area contributed by atoms with E-state index in [1.165, 1.54) is 42.5 Å². The van der Waals surface area contributed by atoms with Gasteiger partial charge in [-0.3, -0.25) is 20.2 Å². The predicted octanol–water partition coefficient (Wildman–Crippen LogP) is 2.87. The van der Waals surface area contributed by atoms with E-state index in [-0.39, 0.29) is 28.0 Å². The fraction of sp³-hybridized carbons (Fsp3) is 0. The molecular formula is C16H10FN3O4S. The third-order valence-corrected chi connectivity index (χ3v) is 3.46. The van der Waals surface area contributed by atoms with E-state index in [0.717, 1.165) is 0 Å². The van der Waals surface area contributed by atoms with Crippen molar-refractivity contribution in [3.8, 4) is 11.5 Å². The minimum Gasteiger partial charge on any atom is -0.450 e. The van der Waals surface area contributed by atoms with Crippen LogP contribution in [0.25, 0.3) is 6.08 Å². The molecule has 0 spiro atoms. The van der Waals surface area contributed by atoms with Crippen LogP contribution in [0.4, 0.5) is 10.1 Å². The number of amides is 1. The van der Waals surface area contributed by atoms with Gasteiger partial charge in [0.2, 0.25) is 5.75 Å². The number of ether oxygens (including phenoxy) is 1. The number of nitro groups is 1. The standard InChI is InChI=1S/C16H10FN3O4S/c17-10-2-4-11(5-3-10)24-14-6-1-9(8-13(14)20(22)23)7-12-15(21)19-16(25)18-12/h1-8H,(H2,18,19,21,25)/b12-7-. The highest BCUT2D eigenvalue weighted by molar-refractivity contribution is 7.80. The van der Waals surface area contributed by atoms with Crippen LogP contribution in [-0.4, -0.2) is 15.9 Å². The molecule has 0 bridgehead atoms. The van der Waals surface area contributed by atoms with Gasteiger partial charge in [0.25, 0.3) is 5.91 Å². The molecule has 1 saturated heterocycles. The topological polar surface area (TPSA) is 93.5 Å². The van der Waals surface area contributed by atoms with Gasteiger partial charge < -0.3 is 10.1 Å². The lowest BCUT2D eigenvalue weighted by Gasteiger charge is -2.07. The van der Waals surface area contributed by atoms with Crippen molar-refractivity contribution in [1.29, 1.82) is 0 Å². The van der Waals surface area contributed by atoms with Gasteiger partial charge in [-0.05, 0) is 54.2 Å². The molecule has 3 rings (SSSR count). The molecule has 25 heavy (non-hydrogen) atoms. The van der Waals surface area contributed by atoms with Crippen LogP contribution < -0.4 is 15.4 Å². The molecule has 0 saturated carbocycles. The van der Waals surface area contributed by atoms with Gasteiger partial charge in [0.1, 0.15) is 17.3 Å². The van der Waals surface area contributed by atoms with E-state index in [1.807, 2.05) is 0 Å². The number of thiocarbonyl (C=S) groups is 1. The lowest BCUT2D eigenvalue weighted by Crippen LogP contribution is -2.21. The van der Waals surface area contributed by atoms with Crippen LogP contribution in [0.15, 0.2) is 48.2 Å². The summed E-state index contributed by atoms with van der Waals surface area (Å²) in [6.45, 7) is 0. The van der Waals surface area contributed by atoms with Gasteiger partial charge >= 0.3 is 5.69 Å². The van der Waals surface area contributed by atoms with Crippen molar-refractivity contribution >= 4 is 35.0 Å². The normalized spacial score (nSPS) is 15.0. The second-order valence-corrected chi connectivity index (χ2v) is 5.41. The Hall–Kier alpha value is -3.33. The molecule has 1 heterocycles. The summed E-state index contributed by atoms with van der Waals surface area (Å²) in [6.07, 6.45) is 1.43. The van der Waals surface area contributed by atoms with Gasteiger partial charge in [0, 0.05) is 6.07 Å². The van der Waals surface area contributed by atoms with Gasteiger partial charge in [-0.1, -0.05) is 6.07 Å². The second kappa shape index (κ2) is 6.65. The lowest BCUT2D eigenvalue weighted by atomic mass is 10.1. The average molecular weight is 359 g/mol. The molecule has 2 N–H and O–H groups in total. The number of hydrogen-bond acceptors (Lipinski definition) is 5. The van der Waals surface area contributed by atoms with Gasteiger partial charge in [0.05, 0.1) is 4.92 Å². The summed E-state index contributed by atoms with van der Waals surface area (Å²) in [7, 11) is 0. The first-order valence-electron chi connectivity index (χ1n) is 6.98. The van der Waals surface area contributed by atoms with Crippen molar-refractivity contribution in [2.45, 2.75) is 0 Å². The van der Waals surface area contributed by atoms with E-state index in [4.69, 9.17) is 17.0 Å². The molecule has 0 atom stereocenters. The van der Waals surface area contributed by atoms with Crippen LogP contribution in [0.3, 0.4) is 0 Å². The van der Waals surface area contributed by atoms with Crippen molar-refractivity contribution in [1.82, 2.24) is 10.6 Å². The van der Waals surface area contributed by atoms with Gasteiger partial charge in [-0.2, -0.15) is 0 Å². The first-order valence-corrected chi connectivity index (χ1v) is 7.39. The Kier molecular flexibility index (Phi) is 4.40. The number of nitrogens with one attached hydrogen (secondary N) is 2. The Morgan fingerprint density at radius 2 is 1.88 bits per heavy atom. The first-order chi connectivity index (χ1) is 11.9. The van der Waals surface area contributed by atoms with E-state index in [9.17, 15) is 19.3 Å². The molecule has 7 nitrogen and oxygen atoms in total. The summed E-state index contributed by atoms with van der Waals surface area (Å²) in [6, 6.07) is 9.32. The molecule has 0 radical (unpaired) electrons. The van der Waals surface area contributed by atoms with Crippen LogP contribution in [0.1, 0.15) is 5.56 Å². The molecule has 9 heteroatoms. The maximum absolute atomic E-state index is 12.9. The zero-order valence-electron chi connectivity index (χ0n) is 12.5. The van der Waals surface area contributed by atoms with Crippen molar-refractivity contribution in [2.75, 3.05) is 0 Å². The van der Waals surface area contributed by atoms with Crippen LogP contribution in [-0.2, 0) is 4.79 Å². The zero-order valence-corrected chi connectivity index (χ0v) is 13.3. The van der Waals surface area contributed by atoms with Crippen molar-refractivity contribution in [2.24, 2.45) is 0 Å². The molecule has 2 aromatic carbocycles. The Labute approximate surface area is 146 Å². The summed E-state index contributed by atoms with van der Waals surface area (Å²) in [4.78, 5) is 22.3. The molecule has 1 aliphatic rings. The Morgan fingerprint density at radius 3 is 2.48 bits per heavy atom. The van der Waals surface area contributed by atoms with E-state index >= 15 is 0 Å². The summed E-state index contributed by atoms with van der Waals surface area (Å²) in [5, 5.41) is 16.5. The maximum Gasteiger partial charge on any atom is 0.312 e. The Bertz CT molecular complexity index is 912. The Morgan fingerprint density at radius 1 is 1.16 bits per heavy atom. The number of carbonyl (C=O) groups is 1. The average Bonchev–Trinajstić information content (AvgIpc) is 2.88. The quantitative estimate of drug-likeness (QED) is 0.377. The summed E-state index contributed by atoms with van der Waals surface area (Å²) in [5.74, 6) is -0.598. The van der Waals surface area contributed by atoms with Crippen LogP contribution in [0.2, 0.25) is 0 Å². The summed E-state index contributed by atoms with van der Waals surface area (Å²) < 4.78 is 18.4. The SMILES string of the molecule is O=C1NC(=S)N/C1=C\c1ccc(Oc2ccc(F)cc2)c([N+](=O)[O-])c1. The van der Waals surface area contributed by atoms with Gasteiger partial charge in [-0.25, -0.2) is 4.39 Å². The third kappa shape index (κ3) is 3.78. The molecule has 1 fully saturated rings. The number of halogens is 1. The van der Waals surface area contributed by atoms with Crippen molar-refractivity contribution in [3.05, 3.63) is 69.7 Å². The van der Waals surface area contributed by atoms with Crippen LogP contribution >= 0.6 is 12.2 Å².